The van der Waals surface area contributed by atoms with Gasteiger partial charge in [-0.05, 0) is 17.9 Å². The summed E-state index contributed by atoms with van der Waals surface area (Å²) in [7, 11) is 0. The van der Waals surface area contributed by atoms with E-state index in [9.17, 15) is 24.8 Å². The molecule has 130 valence electrons. The second-order valence-electron chi connectivity index (χ2n) is 6.22. The fraction of sp³-hybridized carbons (Fsp3) is 0.500. The molecule has 8 nitrogen and oxygen atoms in total. The van der Waals surface area contributed by atoms with Gasteiger partial charge >= 0.3 is 0 Å². The normalized spacial score (nSPS) is 19.1. The lowest BCUT2D eigenvalue weighted by Crippen LogP contribution is -2.58. The zero-order chi connectivity index (χ0) is 17.9. The number of carbonyl (C=O) groups is 2. The Morgan fingerprint density at radius 2 is 2.21 bits per heavy atom. The number of nitrogens with zero attached hydrogens (tertiary/aromatic N) is 2. The number of rotatable bonds is 5. The standard InChI is InChI=1S/C16H21N3O5/c1-10(2)8-13-15(21)17-6-7-18(13)16(22)14(20)11-4-3-5-12(9-11)19(23)24/h3-5,9-10,13-14,20H,6-8H2,1-2H3,(H,17,21). The summed E-state index contributed by atoms with van der Waals surface area (Å²) < 4.78 is 0. The summed E-state index contributed by atoms with van der Waals surface area (Å²) >= 11 is 0. The first-order chi connectivity index (χ1) is 11.3. The lowest BCUT2D eigenvalue weighted by Gasteiger charge is -2.37. The Morgan fingerprint density at radius 1 is 1.50 bits per heavy atom. The van der Waals surface area contributed by atoms with E-state index in [2.05, 4.69) is 5.32 Å². The minimum atomic E-state index is -1.54. The van der Waals surface area contributed by atoms with Crippen LogP contribution in [-0.4, -0.2) is 45.9 Å². The van der Waals surface area contributed by atoms with Gasteiger partial charge in [0.1, 0.15) is 6.04 Å². The van der Waals surface area contributed by atoms with Crippen molar-refractivity contribution in [2.75, 3.05) is 13.1 Å². The fourth-order valence-electron chi connectivity index (χ4n) is 2.77. The SMILES string of the molecule is CC(C)CC1C(=O)NCCN1C(=O)C(O)c1cccc([N+](=O)[O-])c1. The van der Waals surface area contributed by atoms with Crippen LogP contribution in [0.1, 0.15) is 31.9 Å². The van der Waals surface area contributed by atoms with E-state index in [0.717, 1.165) is 0 Å². The zero-order valence-corrected chi connectivity index (χ0v) is 13.6. The minimum Gasteiger partial charge on any atom is -0.378 e. The largest absolute Gasteiger partial charge is 0.378 e. The summed E-state index contributed by atoms with van der Waals surface area (Å²) in [4.78, 5) is 36.3. The lowest BCUT2D eigenvalue weighted by atomic mass is 9.98. The van der Waals surface area contributed by atoms with Crippen molar-refractivity contribution >= 4 is 17.5 Å². The smallest absolute Gasteiger partial charge is 0.269 e. The molecule has 1 aliphatic heterocycles. The number of nitrogens with one attached hydrogen (secondary N) is 1. The van der Waals surface area contributed by atoms with Crippen LogP contribution in [0.3, 0.4) is 0 Å². The predicted octanol–water partition coefficient (Wildman–Crippen LogP) is 1.00. The first-order valence-corrected chi connectivity index (χ1v) is 7.82. The van der Waals surface area contributed by atoms with Crippen molar-refractivity contribution in [3.63, 3.8) is 0 Å². The number of aliphatic hydroxyl groups excluding tert-OH is 1. The van der Waals surface area contributed by atoms with Gasteiger partial charge in [-0.3, -0.25) is 19.7 Å². The van der Waals surface area contributed by atoms with E-state index in [1.807, 2.05) is 13.8 Å². The molecule has 2 atom stereocenters. The molecular weight excluding hydrogens is 314 g/mol. The summed E-state index contributed by atoms with van der Waals surface area (Å²) in [6.07, 6.45) is -1.05. The van der Waals surface area contributed by atoms with Crippen LogP contribution in [0.2, 0.25) is 0 Å². The molecule has 0 saturated carbocycles. The Kier molecular flexibility index (Phi) is 5.50. The average molecular weight is 335 g/mol. The molecule has 1 fully saturated rings. The monoisotopic (exact) mass is 335 g/mol. The van der Waals surface area contributed by atoms with E-state index in [1.165, 1.54) is 29.2 Å². The number of benzene rings is 1. The number of amides is 2. The number of aliphatic hydroxyl groups is 1. The van der Waals surface area contributed by atoms with Crippen LogP contribution in [-0.2, 0) is 9.59 Å². The molecule has 0 spiro atoms. The Labute approximate surface area is 139 Å². The molecule has 2 rings (SSSR count). The van der Waals surface area contributed by atoms with Crippen molar-refractivity contribution in [2.45, 2.75) is 32.4 Å². The van der Waals surface area contributed by atoms with Crippen LogP contribution >= 0.6 is 0 Å². The van der Waals surface area contributed by atoms with Crippen LogP contribution in [0.5, 0.6) is 0 Å². The molecule has 24 heavy (non-hydrogen) atoms. The summed E-state index contributed by atoms with van der Waals surface area (Å²) in [5.74, 6) is -0.658. The zero-order valence-electron chi connectivity index (χ0n) is 13.6. The van der Waals surface area contributed by atoms with Crippen molar-refractivity contribution < 1.29 is 19.6 Å². The molecule has 2 amide bonds. The van der Waals surface area contributed by atoms with Gasteiger partial charge in [-0.25, -0.2) is 0 Å². The third kappa shape index (κ3) is 3.88. The number of nitro benzene ring substituents is 1. The highest BCUT2D eigenvalue weighted by atomic mass is 16.6. The van der Waals surface area contributed by atoms with E-state index in [-0.39, 0.29) is 23.1 Å². The summed E-state index contributed by atoms with van der Waals surface area (Å²) in [5.41, 5.74) is -0.0575. The first kappa shape index (κ1) is 17.9. The quantitative estimate of drug-likeness (QED) is 0.616. The second kappa shape index (κ2) is 7.39. The van der Waals surface area contributed by atoms with Gasteiger partial charge in [0, 0.05) is 25.2 Å². The van der Waals surface area contributed by atoms with Gasteiger partial charge in [0.15, 0.2) is 6.10 Å². The maximum atomic E-state index is 12.6. The Bertz CT molecular complexity index is 646. The molecule has 1 aromatic rings. The van der Waals surface area contributed by atoms with Gasteiger partial charge < -0.3 is 15.3 Å². The third-order valence-corrected chi connectivity index (χ3v) is 3.94. The van der Waals surface area contributed by atoms with E-state index < -0.39 is 23.0 Å². The summed E-state index contributed by atoms with van der Waals surface area (Å²) in [6.45, 7) is 4.51. The first-order valence-electron chi connectivity index (χ1n) is 7.82. The predicted molar refractivity (Wildman–Crippen MR) is 86.0 cm³/mol. The number of non-ortho nitro benzene ring substituents is 1. The number of hydrogen-bond donors (Lipinski definition) is 2. The summed E-state index contributed by atoms with van der Waals surface area (Å²) in [5, 5.41) is 23.9. The van der Waals surface area contributed by atoms with Crippen molar-refractivity contribution in [1.82, 2.24) is 10.2 Å². The number of piperazine rings is 1. The highest BCUT2D eigenvalue weighted by Gasteiger charge is 2.36. The molecule has 2 N–H and O–H groups in total. The fourth-order valence-corrected chi connectivity index (χ4v) is 2.77. The lowest BCUT2D eigenvalue weighted by molar-refractivity contribution is -0.385. The molecule has 1 aromatic carbocycles. The van der Waals surface area contributed by atoms with Crippen molar-refractivity contribution in [3.05, 3.63) is 39.9 Å². The van der Waals surface area contributed by atoms with E-state index >= 15 is 0 Å². The van der Waals surface area contributed by atoms with Gasteiger partial charge in [0.25, 0.3) is 11.6 Å². The third-order valence-electron chi connectivity index (χ3n) is 3.94. The number of hydrogen-bond acceptors (Lipinski definition) is 5. The van der Waals surface area contributed by atoms with E-state index in [0.29, 0.717) is 19.5 Å². The Hall–Kier alpha value is -2.48. The molecule has 1 heterocycles. The molecule has 0 aliphatic carbocycles. The molecule has 8 heteroatoms. The van der Waals surface area contributed by atoms with Gasteiger partial charge in [-0.2, -0.15) is 0 Å². The topological polar surface area (TPSA) is 113 Å². The number of nitro groups is 1. The van der Waals surface area contributed by atoms with Gasteiger partial charge in [-0.15, -0.1) is 0 Å². The van der Waals surface area contributed by atoms with Gasteiger partial charge in [-0.1, -0.05) is 26.0 Å². The minimum absolute atomic E-state index is 0.142. The Balaban J connectivity index is 2.23. The van der Waals surface area contributed by atoms with Crippen LogP contribution in [0.4, 0.5) is 5.69 Å². The Morgan fingerprint density at radius 3 is 2.83 bits per heavy atom. The molecule has 2 unspecified atom stereocenters. The second-order valence-corrected chi connectivity index (χ2v) is 6.22. The van der Waals surface area contributed by atoms with E-state index in [4.69, 9.17) is 0 Å². The molecule has 1 aliphatic rings. The molecule has 1 saturated heterocycles. The van der Waals surface area contributed by atoms with Crippen molar-refractivity contribution in [3.8, 4) is 0 Å². The molecule has 0 bridgehead atoms. The van der Waals surface area contributed by atoms with Crippen molar-refractivity contribution in [1.29, 1.82) is 0 Å². The molecule has 0 aromatic heterocycles. The maximum absolute atomic E-state index is 12.6. The van der Waals surface area contributed by atoms with Crippen LogP contribution in [0.25, 0.3) is 0 Å². The van der Waals surface area contributed by atoms with Crippen molar-refractivity contribution in [2.24, 2.45) is 5.92 Å². The number of carbonyl (C=O) groups excluding carboxylic acids is 2. The van der Waals surface area contributed by atoms with E-state index in [1.54, 1.807) is 0 Å². The van der Waals surface area contributed by atoms with Crippen LogP contribution in [0, 0.1) is 16.0 Å². The molecular formula is C16H21N3O5. The molecule has 0 radical (unpaired) electrons. The maximum Gasteiger partial charge on any atom is 0.269 e. The van der Waals surface area contributed by atoms with Gasteiger partial charge in [0.05, 0.1) is 4.92 Å². The van der Waals surface area contributed by atoms with Crippen LogP contribution in [0.15, 0.2) is 24.3 Å². The van der Waals surface area contributed by atoms with Crippen LogP contribution < -0.4 is 5.32 Å². The summed E-state index contributed by atoms with van der Waals surface area (Å²) in [6, 6.07) is 4.69. The highest BCUT2D eigenvalue weighted by Crippen LogP contribution is 2.24. The average Bonchev–Trinajstić information content (AvgIpc) is 2.55. The van der Waals surface area contributed by atoms with Gasteiger partial charge in [0.2, 0.25) is 5.91 Å². The highest BCUT2D eigenvalue weighted by molar-refractivity contribution is 5.91.